The molecule has 1 nitrogen and oxygen atoms in total. The van der Waals surface area contributed by atoms with E-state index in [1.807, 2.05) is 0 Å². The van der Waals surface area contributed by atoms with E-state index in [1.165, 1.54) is 102 Å². The van der Waals surface area contributed by atoms with E-state index in [4.69, 9.17) is 0 Å². The number of benzene rings is 1. The van der Waals surface area contributed by atoms with Crippen LogP contribution in [0.3, 0.4) is 0 Å². The summed E-state index contributed by atoms with van der Waals surface area (Å²) in [6.07, 6.45) is 22.3. The number of aryl methyl sites for hydroxylation is 1. The highest BCUT2D eigenvalue weighted by Gasteiger charge is 2.12. The lowest BCUT2D eigenvalue weighted by atomic mass is 9.91. The smallest absolute Gasteiger partial charge is 0.132 e. The van der Waals surface area contributed by atoms with Crippen molar-refractivity contribution in [3.63, 3.8) is 0 Å². The Morgan fingerprint density at radius 3 is 1.64 bits per heavy atom. The lowest BCUT2D eigenvalue weighted by molar-refractivity contribution is -0.121. The quantitative estimate of drug-likeness (QED) is 0.217. The zero-order chi connectivity index (χ0) is 20.3. The Morgan fingerprint density at radius 2 is 1.14 bits per heavy atom. The first-order valence-corrected chi connectivity index (χ1v) is 12.3. The molecule has 0 spiro atoms. The Hall–Kier alpha value is -1.11. The maximum absolute atomic E-state index is 11.7. The van der Waals surface area contributed by atoms with Crippen LogP contribution in [0.15, 0.2) is 30.3 Å². The van der Waals surface area contributed by atoms with E-state index in [0.717, 1.165) is 12.8 Å². The third-order valence-corrected chi connectivity index (χ3v) is 6.09. The molecule has 0 aliphatic heterocycles. The Kier molecular flexibility index (Phi) is 16.0. The van der Waals surface area contributed by atoms with Crippen LogP contribution in [0.5, 0.6) is 0 Å². The van der Waals surface area contributed by atoms with E-state index in [9.17, 15) is 4.79 Å². The summed E-state index contributed by atoms with van der Waals surface area (Å²) in [4.78, 5) is 11.7. The lowest BCUT2D eigenvalue weighted by Gasteiger charge is -2.13. The van der Waals surface area contributed by atoms with Crippen LogP contribution in [0.2, 0.25) is 0 Å². The van der Waals surface area contributed by atoms with E-state index >= 15 is 0 Å². The summed E-state index contributed by atoms with van der Waals surface area (Å²) in [7, 11) is 0. The van der Waals surface area contributed by atoms with Gasteiger partial charge in [-0.15, -0.1) is 0 Å². The van der Waals surface area contributed by atoms with Gasteiger partial charge >= 0.3 is 0 Å². The summed E-state index contributed by atoms with van der Waals surface area (Å²) >= 11 is 0. The number of unbranched alkanes of at least 4 members (excludes halogenated alkanes) is 12. The first-order chi connectivity index (χ1) is 13.7. The number of carbonyl (C=O) groups is 1. The molecule has 0 fully saturated rings. The van der Waals surface area contributed by atoms with Crippen molar-refractivity contribution in [3.8, 4) is 0 Å². The number of ketones is 1. The fourth-order valence-corrected chi connectivity index (χ4v) is 4.15. The van der Waals surface area contributed by atoms with Gasteiger partial charge in [0.15, 0.2) is 0 Å². The van der Waals surface area contributed by atoms with E-state index in [-0.39, 0.29) is 0 Å². The summed E-state index contributed by atoms with van der Waals surface area (Å²) < 4.78 is 0. The average molecular weight is 387 g/mol. The second-order valence-electron chi connectivity index (χ2n) is 8.72. The van der Waals surface area contributed by atoms with E-state index in [1.54, 1.807) is 6.92 Å². The minimum Gasteiger partial charge on any atom is -0.300 e. The van der Waals surface area contributed by atoms with Crippen molar-refractivity contribution < 1.29 is 4.79 Å². The number of hydrogen-bond donors (Lipinski definition) is 0. The predicted octanol–water partition coefficient (Wildman–Crippen LogP) is 8.70. The average Bonchev–Trinajstić information content (AvgIpc) is 2.70. The fraction of sp³-hybridized carbons (Fsp3) is 0.741. The van der Waals surface area contributed by atoms with Gasteiger partial charge in [-0.05, 0) is 38.2 Å². The highest BCUT2D eigenvalue weighted by atomic mass is 16.1. The lowest BCUT2D eigenvalue weighted by Crippen LogP contribution is -2.10. The highest BCUT2D eigenvalue weighted by molar-refractivity contribution is 5.78. The predicted molar refractivity (Wildman–Crippen MR) is 124 cm³/mol. The van der Waals surface area contributed by atoms with Crippen molar-refractivity contribution in [1.29, 1.82) is 0 Å². The molecule has 0 N–H and O–H groups in total. The molecule has 0 saturated heterocycles. The normalized spacial score (nSPS) is 12.2. The maximum atomic E-state index is 11.7. The molecule has 28 heavy (non-hydrogen) atoms. The van der Waals surface area contributed by atoms with Crippen molar-refractivity contribution in [2.24, 2.45) is 5.92 Å². The Morgan fingerprint density at radius 1 is 0.679 bits per heavy atom. The van der Waals surface area contributed by atoms with Crippen molar-refractivity contribution in [1.82, 2.24) is 0 Å². The Bertz CT molecular complexity index is 464. The molecule has 160 valence electrons. The summed E-state index contributed by atoms with van der Waals surface area (Å²) in [6.45, 7) is 4.02. The monoisotopic (exact) mass is 386 g/mol. The first kappa shape index (κ1) is 24.9. The van der Waals surface area contributed by atoms with Crippen LogP contribution in [0, 0.1) is 5.92 Å². The minimum atomic E-state index is 0.341. The molecule has 0 aromatic heterocycles. The van der Waals surface area contributed by atoms with Crippen molar-refractivity contribution in [3.05, 3.63) is 35.9 Å². The molecular weight excluding hydrogens is 340 g/mol. The maximum Gasteiger partial charge on any atom is 0.132 e. The molecule has 0 aliphatic carbocycles. The molecule has 0 saturated carbocycles. The van der Waals surface area contributed by atoms with E-state index in [2.05, 4.69) is 37.3 Å². The van der Waals surface area contributed by atoms with Crippen LogP contribution in [-0.2, 0) is 11.2 Å². The van der Waals surface area contributed by atoms with Gasteiger partial charge in [-0.1, -0.05) is 121 Å². The number of Topliss-reactive ketones (excluding diaryl/α,β-unsaturated/α-hetero) is 1. The zero-order valence-electron chi connectivity index (χ0n) is 18.9. The number of hydrogen-bond acceptors (Lipinski definition) is 1. The Balaban J connectivity index is 1.83. The zero-order valence-corrected chi connectivity index (χ0v) is 18.9. The van der Waals surface area contributed by atoms with Crippen LogP contribution in [0.4, 0.5) is 0 Å². The van der Waals surface area contributed by atoms with Crippen molar-refractivity contribution >= 4 is 5.78 Å². The molecule has 0 bridgehead atoms. The minimum absolute atomic E-state index is 0.341. The molecule has 1 unspecified atom stereocenters. The molecule has 1 aromatic rings. The topological polar surface area (TPSA) is 17.1 Å². The van der Waals surface area contributed by atoms with Gasteiger partial charge < -0.3 is 0 Å². The van der Waals surface area contributed by atoms with Gasteiger partial charge in [0.05, 0.1) is 0 Å². The summed E-state index contributed by atoms with van der Waals surface area (Å²) in [5.41, 5.74) is 1.48. The van der Waals surface area contributed by atoms with Gasteiger partial charge in [0, 0.05) is 5.92 Å². The van der Waals surface area contributed by atoms with Gasteiger partial charge in [-0.3, -0.25) is 4.79 Å². The number of carbonyl (C=O) groups excluding carboxylic acids is 1. The molecule has 1 heteroatoms. The third kappa shape index (κ3) is 14.0. The van der Waals surface area contributed by atoms with Crippen LogP contribution in [0.25, 0.3) is 0 Å². The second kappa shape index (κ2) is 18.0. The standard InChI is InChI=1S/C27H46O/c1-3-4-15-23-27(25(2)28)24-19-13-11-9-7-5-6-8-10-12-16-20-26-21-17-14-18-22-26/h14,17-18,21-22,27H,3-13,15-16,19-20,23-24H2,1-2H3. The largest absolute Gasteiger partial charge is 0.300 e. The van der Waals surface area contributed by atoms with Crippen LogP contribution < -0.4 is 0 Å². The second-order valence-corrected chi connectivity index (χ2v) is 8.72. The SMILES string of the molecule is CCCCCC(CCCCCCCCCCCCCc1ccccc1)C(C)=O. The summed E-state index contributed by atoms with van der Waals surface area (Å²) in [6, 6.07) is 10.9. The molecule has 0 aliphatic rings. The molecule has 1 rings (SSSR count). The highest BCUT2D eigenvalue weighted by Crippen LogP contribution is 2.19. The number of rotatable bonds is 19. The summed E-state index contributed by atoms with van der Waals surface area (Å²) in [5.74, 6) is 0.758. The molecule has 0 radical (unpaired) electrons. The fourth-order valence-electron chi connectivity index (χ4n) is 4.15. The van der Waals surface area contributed by atoms with Crippen LogP contribution in [-0.4, -0.2) is 5.78 Å². The van der Waals surface area contributed by atoms with Crippen molar-refractivity contribution in [2.45, 2.75) is 123 Å². The van der Waals surface area contributed by atoms with Crippen molar-refractivity contribution in [2.75, 3.05) is 0 Å². The Labute approximate surface area is 175 Å². The van der Waals surface area contributed by atoms with E-state index < -0.39 is 0 Å². The van der Waals surface area contributed by atoms with Gasteiger partial charge in [-0.2, -0.15) is 0 Å². The van der Waals surface area contributed by atoms with Gasteiger partial charge in [0.25, 0.3) is 0 Å². The summed E-state index contributed by atoms with van der Waals surface area (Å²) in [5, 5.41) is 0. The van der Waals surface area contributed by atoms with Crippen LogP contribution >= 0.6 is 0 Å². The third-order valence-electron chi connectivity index (χ3n) is 6.09. The molecular formula is C27H46O. The molecule has 0 amide bonds. The molecule has 1 aromatic carbocycles. The first-order valence-electron chi connectivity index (χ1n) is 12.3. The van der Waals surface area contributed by atoms with E-state index in [0.29, 0.717) is 11.7 Å². The van der Waals surface area contributed by atoms with Gasteiger partial charge in [0.2, 0.25) is 0 Å². The van der Waals surface area contributed by atoms with Gasteiger partial charge in [0.1, 0.15) is 5.78 Å². The van der Waals surface area contributed by atoms with Gasteiger partial charge in [-0.25, -0.2) is 0 Å². The van der Waals surface area contributed by atoms with Crippen LogP contribution in [0.1, 0.15) is 122 Å². The molecule has 1 atom stereocenters. The molecule has 0 heterocycles.